The number of carbonyl (C=O) groups is 2. The van der Waals surface area contributed by atoms with E-state index in [1.807, 2.05) is 29.8 Å². The van der Waals surface area contributed by atoms with Gasteiger partial charge in [0.2, 0.25) is 0 Å². The third kappa shape index (κ3) is 7.25. The Labute approximate surface area is 162 Å². The fourth-order valence-electron chi connectivity index (χ4n) is 2.47. The van der Waals surface area contributed by atoms with Gasteiger partial charge in [-0.15, -0.1) is 22.7 Å². The average molecular weight is 395 g/mol. The van der Waals surface area contributed by atoms with Crippen molar-refractivity contribution in [1.82, 2.24) is 10.3 Å². The minimum atomic E-state index is -0.435. The molecule has 0 aliphatic heterocycles. The molecule has 0 bridgehead atoms. The number of nitrogens with one attached hydrogen (secondary N) is 1. The van der Waals surface area contributed by atoms with Crippen LogP contribution in [-0.2, 0) is 20.7 Å². The third-order valence-corrected chi connectivity index (χ3v) is 5.73. The van der Waals surface area contributed by atoms with E-state index in [1.165, 1.54) is 11.3 Å². The summed E-state index contributed by atoms with van der Waals surface area (Å²) in [6, 6.07) is 4.06. The summed E-state index contributed by atoms with van der Waals surface area (Å²) < 4.78 is 5.07. The second-order valence-electron chi connectivity index (χ2n) is 6.75. The van der Waals surface area contributed by atoms with E-state index in [-0.39, 0.29) is 25.0 Å². The Morgan fingerprint density at radius 3 is 2.73 bits per heavy atom. The number of amides is 1. The highest BCUT2D eigenvalue weighted by molar-refractivity contribution is 7.20. The van der Waals surface area contributed by atoms with Gasteiger partial charge in [0.15, 0.2) is 6.61 Å². The number of thiophene rings is 1. The number of esters is 1. The van der Waals surface area contributed by atoms with Crippen molar-refractivity contribution in [3.8, 4) is 9.88 Å². The molecule has 0 saturated carbocycles. The summed E-state index contributed by atoms with van der Waals surface area (Å²) in [4.78, 5) is 29.3. The van der Waals surface area contributed by atoms with E-state index >= 15 is 0 Å². The molecule has 1 unspecified atom stereocenters. The number of carbonyl (C=O) groups excluding carboxylic acids is 2. The first-order chi connectivity index (χ1) is 12.4. The monoisotopic (exact) mass is 394 g/mol. The van der Waals surface area contributed by atoms with Crippen LogP contribution < -0.4 is 5.32 Å². The van der Waals surface area contributed by atoms with E-state index in [0.29, 0.717) is 11.6 Å². The number of nitrogens with zero attached hydrogens (tertiary/aromatic N) is 1. The van der Waals surface area contributed by atoms with Crippen LogP contribution in [0.25, 0.3) is 9.88 Å². The van der Waals surface area contributed by atoms with Crippen LogP contribution in [0.15, 0.2) is 22.9 Å². The minimum absolute atomic E-state index is 0.0824. The molecular weight excluding hydrogens is 368 g/mol. The van der Waals surface area contributed by atoms with Crippen molar-refractivity contribution in [3.63, 3.8) is 0 Å². The lowest BCUT2D eigenvalue weighted by atomic mass is 10.0. The largest absolute Gasteiger partial charge is 0.455 e. The number of rotatable bonds is 10. The summed E-state index contributed by atoms with van der Waals surface area (Å²) in [7, 11) is 0. The highest BCUT2D eigenvalue weighted by Gasteiger charge is 2.13. The number of hydrogen-bond donors (Lipinski definition) is 1. The van der Waals surface area contributed by atoms with Gasteiger partial charge in [-0.05, 0) is 30.7 Å². The first kappa shape index (κ1) is 20.6. The van der Waals surface area contributed by atoms with Gasteiger partial charge < -0.3 is 10.1 Å². The molecule has 7 heteroatoms. The van der Waals surface area contributed by atoms with E-state index < -0.39 is 5.97 Å². The average Bonchev–Trinajstić information content (AvgIpc) is 3.23. The zero-order chi connectivity index (χ0) is 18.9. The number of aromatic nitrogens is 1. The molecule has 26 heavy (non-hydrogen) atoms. The van der Waals surface area contributed by atoms with E-state index in [0.717, 1.165) is 29.1 Å². The molecular formula is C19H26N2O3S2. The minimum Gasteiger partial charge on any atom is -0.455 e. The second kappa shape index (κ2) is 10.4. The summed E-state index contributed by atoms with van der Waals surface area (Å²) in [5, 5.41) is 7.61. The lowest BCUT2D eigenvalue weighted by Gasteiger charge is -2.14. The summed E-state index contributed by atoms with van der Waals surface area (Å²) in [5.41, 5.74) is 0.672. The van der Waals surface area contributed by atoms with Crippen LogP contribution in [0.4, 0.5) is 0 Å². The molecule has 0 saturated heterocycles. The van der Waals surface area contributed by atoms with Crippen molar-refractivity contribution < 1.29 is 14.3 Å². The molecule has 0 fully saturated rings. The quantitative estimate of drug-likeness (QED) is 0.611. The predicted octanol–water partition coefficient (Wildman–Crippen LogP) is 4.29. The summed E-state index contributed by atoms with van der Waals surface area (Å²) >= 11 is 3.12. The highest BCUT2D eigenvalue weighted by atomic mass is 32.1. The van der Waals surface area contributed by atoms with E-state index in [4.69, 9.17) is 4.74 Å². The fourth-order valence-corrected chi connectivity index (χ4v) is 4.10. The maximum atomic E-state index is 11.9. The maximum absolute atomic E-state index is 11.9. The molecule has 0 radical (unpaired) electrons. The maximum Gasteiger partial charge on any atom is 0.312 e. The Hall–Kier alpha value is -1.73. The van der Waals surface area contributed by atoms with Crippen molar-refractivity contribution in [1.29, 1.82) is 0 Å². The van der Waals surface area contributed by atoms with Crippen LogP contribution in [0.1, 0.15) is 45.7 Å². The van der Waals surface area contributed by atoms with Crippen molar-refractivity contribution in [3.05, 3.63) is 28.6 Å². The Kier molecular flexibility index (Phi) is 8.25. The van der Waals surface area contributed by atoms with Crippen LogP contribution in [0.3, 0.4) is 0 Å². The molecule has 142 valence electrons. The van der Waals surface area contributed by atoms with Crippen molar-refractivity contribution in [2.45, 2.75) is 52.5 Å². The molecule has 2 aromatic rings. The van der Waals surface area contributed by atoms with Gasteiger partial charge in [-0.25, -0.2) is 4.98 Å². The first-order valence-corrected chi connectivity index (χ1v) is 10.6. The Morgan fingerprint density at radius 2 is 2.04 bits per heavy atom. The lowest BCUT2D eigenvalue weighted by molar-refractivity contribution is -0.148. The van der Waals surface area contributed by atoms with Gasteiger partial charge in [-0.2, -0.15) is 0 Å². The number of hydrogen-bond acceptors (Lipinski definition) is 6. The molecule has 0 aliphatic carbocycles. The standard InChI is InChI=1S/C19H26N2O3S2/c1-13(2)6-4-7-14(3)20-17(22)11-24-18(23)10-15-12-26-19(21-15)16-8-5-9-25-16/h5,8-9,12-14H,4,6-7,10-11H2,1-3H3,(H,20,22). The van der Waals surface area contributed by atoms with Crippen molar-refractivity contribution >= 4 is 34.6 Å². The van der Waals surface area contributed by atoms with Crippen molar-refractivity contribution in [2.24, 2.45) is 5.92 Å². The van der Waals surface area contributed by atoms with Crippen LogP contribution in [0.5, 0.6) is 0 Å². The number of thiazole rings is 1. The molecule has 0 aliphatic rings. The molecule has 0 spiro atoms. The zero-order valence-corrected chi connectivity index (χ0v) is 17.1. The molecule has 0 aromatic carbocycles. The fraction of sp³-hybridized carbons (Fsp3) is 0.526. The van der Waals surface area contributed by atoms with Gasteiger partial charge in [0.1, 0.15) is 5.01 Å². The third-order valence-electron chi connectivity index (χ3n) is 3.80. The zero-order valence-electron chi connectivity index (χ0n) is 15.5. The molecule has 1 N–H and O–H groups in total. The lowest BCUT2D eigenvalue weighted by Crippen LogP contribution is -2.36. The Bertz CT molecular complexity index is 695. The van der Waals surface area contributed by atoms with Crippen LogP contribution in [0, 0.1) is 5.92 Å². The SMILES string of the molecule is CC(C)CCCC(C)NC(=O)COC(=O)Cc1csc(-c2cccs2)n1. The molecule has 2 heterocycles. The van der Waals surface area contributed by atoms with E-state index in [9.17, 15) is 9.59 Å². The van der Waals surface area contributed by atoms with Gasteiger partial charge in [0, 0.05) is 11.4 Å². The van der Waals surface area contributed by atoms with Crippen LogP contribution >= 0.6 is 22.7 Å². The Morgan fingerprint density at radius 1 is 1.23 bits per heavy atom. The Balaban J connectivity index is 1.67. The van der Waals surface area contributed by atoms with Gasteiger partial charge in [0.25, 0.3) is 5.91 Å². The van der Waals surface area contributed by atoms with E-state index in [2.05, 4.69) is 24.1 Å². The topological polar surface area (TPSA) is 68.3 Å². The molecule has 5 nitrogen and oxygen atoms in total. The highest BCUT2D eigenvalue weighted by Crippen LogP contribution is 2.27. The van der Waals surface area contributed by atoms with Gasteiger partial charge in [-0.1, -0.05) is 32.8 Å². The summed E-state index contributed by atoms with van der Waals surface area (Å²) in [6.07, 6.45) is 3.24. The molecule has 1 atom stereocenters. The number of ether oxygens (including phenoxy) is 1. The summed E-state index contributed by atoms with van der Waals surface area (Å²) in [5.74, 6) is -0.0199. The van der Waals surface area contributed by atoms with Crippen molar-refractivity contribution in [2.75, 3.05) is 6.61 Å². The normalized spacial score (nSPS) is 12.2. The first-order valence-electron chi connectivity index (χ1n) is 8.87. The molecule has 2 aromatic heterocycles. The van der Waals surface area contributed by atoms with Gasteiger partial charge in [0.05, 0.1) is 17.0 Å². The molecule has 1 amide bonds. The molecule has 2 rings (SSSR count). The summed E-state index contributed by atoms with van der Waals surface area (Å²) in [6.45, 7) is 6.11. The van der Waals surface area contributed by atoms with Gasteiger partial charge >= 0.3 is 5.97 Å². The van der Waals surface area contributed by atoms with Crippen LogP contribution in [-0.4, -0.2) is 29.5 Å². The smallest absolute Gasteiger partial charge is 0.312 e. The van der Waals surface area contributed by atoms with Crippen LogP contribution in [0.2, 0.25) is 0 Å². The van der Waals surface area contributed by atoms with Gasteiger partial charge in [-0.3, -0.25) is 9.59 Å². The second-order valence-corrected chi connectivity index (χ2v) is 8.56. The predicted molar refractivity (Wildman–Crippen MR) is 106 cm³/mol. The van der Waals surface area contributed by atoms with E-state index in [1.54, 1.807) is 11.3 Å².